The number of halogens is 1. The summed E-state index contributed by atoms with van der Waals surface area (Å²) in [6, 6.07) is 4.18. The van der Waals surface area contributed by atoms with E-state index in [0.717, 1.165) is 18.4 Å². The van der Waals surface area contributed by atoms with E-state index >= 15 is 0 Å². The summed E-state index contributed by atoms with van der Waals surface area (Å²) in [4.78, 5) is 0. The van der Waals surface area contributed by atoms with Crippen LogP contribution in [-0.4, -0.2) is 29.3 Å². The molecule has 0 atom stereocenters. The van der Waals surface area contributed by atoms with Crippen molar-refractivity contribution >= 4 is 5.84 Å². The van der Waals surface area contributed by atoms with Gasteiger partial charge in [0, 0.05) is 30.7 Å². The second kappa shape index (κ2) is 5.54. The van der Waals surface area contributed by atoms with Crippen molar-refractivity contribution in [3.05, 3.63) is 35.1 Å². The molecule has 1 aliphatic rings. The van der Waals surface area contributed by atoms with Gasteiger partial charge in [0.25, 0.3) is 0 Å². The number of hydrogen-bond acceptors (Lipinski definition) is 4. The second-order valence-electron chi connectivity index (χ2n) is 5.05. The summed E-state index contributed by atoms with van der Waals surface area (Å²) < 4.78 is 13.2. The molecule has 0 spiro atoms. The Bertz CT molecular complexity index is 487. The Balaban J connectivity index is 2.03. The van der Waals surface area contributed by atoms with E-state index in [2.05, 4.69) is 10.5 Å². The highest BCUT2D eigenvalue weighted by Gasteiger charge is 2.41. The van der Waals surface area contributed by atoms with Gasteiger partial charge in [-0.1, -0.05) is 11.2 Å². The van der Waals surface area contributed by atoms with Crippen molar-refractivity contribution in [1.29, 1.82) is 0 Å². The summed E-state index contributed by atoms with van der Waals surface area (Å²) in [7, 11) is 0. The molecular formula is C13H18FN3O2. The zero-order chi connectivity index (χ0) is 13.9. The summed E-state index contributed by atoms with van der Waals surface area (Å²) in [5.74, 6) is -0.543. The first-order valence-corrected chi connectivity index (χ1v) is 6.18. The van der Waals surface area contributed by atoms with Crippen LogP contribution in [0.5, 0.6) is 0 Å². The number of hydrogen-bond donors (Lipinski definition) is 4. The summed E-state index contributed by atoms with van der Waals surface area (Å²) in [6.07, 6.45) is 2.04. The number of amidine groups is 1. The highest BCUT2D eigenvalue weighted by Crippen LogP contribution is 2.44. The van der Waals surface area contributed by atoms with E-state index in [9.17, 15) is 9.50 Å². The molecule has 0 amide bonds. The number of nitrogens with one attached hydrogen (secondary N) is 1. The van der Waals surface area contributed by atoms with Crippen LogP contribution in [0.4, 0.5) is 4.39 Å². The largest absolute Gasteiger partial charge is 0.409 e. The Morgan fingerprint density at radius 3 is 2.79 bits per heavy atom. The van der Waals surface area contributed by atoms with Gasteiger partial charge < -0.3 is 21.4 Å². The van der Waals surface area contributed by atoms with Crippen LogP contribution in [0.25, 0.3) is 0 Å². The van der Waals surface area contributed by atoms with Gasteiger partial charge in [0.1, 0.15) is 5.82 Å². The minimum Gasteiger partial charge on any atom is -0.409 e. The fourth-order valence-electron chi connectivity index (χ4n) is 2.03. The lowest BCUT2D eigenvalue weighted by atomic mass is 10.1. The zero-order valence-electron chi connectivity index (χ0n) is 10.6. The van der Waals surface area contributed by atoms with E-state index in [4.69, 9.17) is 10.9 Å². The van der Waals surface area contributed by atoms with Crippen LogP contribution in [0, 0.1) is 11.2 Å². The molecule has 5 N–H and O–H groups in total. The molecule has 1 aliphatic carbocycles. The van der Waals surface area contributed by atoms with E-state index in [1.807, 2.05) is 0 Å². The van der Waals surface area contributed by atoms with Gasteiger partial charge in [-0.2, -0.15) is 0 Å². The second-order valence-corrected chi connectivity index (χ2v) is 5.05. The van der Waals surface area contributed by atoms with Crippen LogP contribution < -0.4 is 11.1 Å². The third-order valence-electron chi connectivity index (χ3n) is 3.56. The number of nitrogens with zero attached hydrogens (tertiary/aromatic N) is 1. The van der Waals surface area contributed by atoms with Gasteiger partial charge in [0.05, 0.1) is 0 Å². The van der Waals surface area contributed by atoms with Gasteiger partial charge in [-0.05, 0) is 30.5 Å². The number of nitrogens with two attached hydrogens (primary N) is 1. The maximum atomic E-state index is 13.2. The zero-order valence-corrected chi connectivity index (χ0v) is 10.6. The summed E-state index contributed by atoms with van der Waals surface area (Å²) >= 11 is 0. The van der Waals surface area contributed by atoms with Crippen LogP contribution in [0.3, 0.4) is 0 Å². The van der Waals surface area contributed by atoms with Crippen LogP contribution in [0.2, 0.25) is 0 Å². The molecule has 0 aromatic heterocycles. The van der Waals surface area contributed by atoms with Crippen molar-refractivity contribution in [2.75, 3.05) is 13.2 Å². The molecule has 1 saturated carbocycles. The monoisotopic (exact) mass is 267 g/mol. The van der Waals surface area contributed by atoms with Crippen molar-refractivity contribution in [2.45, 2.75) is 19.4 Å². The third kappa shape index (κ3) is 3.21. The molecule has 1 fully saturated rings. The SMILES string of the molecule is N/C(=N/O)c1cc(F)ccc1CNCC1(CO)CC1. The minimum absolute atomic E-state index is 0.0107. The highest BCUT2D eigenvalue weighted by atomic mass is 19.1. The molecule has 1 aromatic rings. The Morgan fingerprint density at radius 1 is 1.47 bits per heavy atom. The molecule has 0 unspecified atom stereocenters. The molecule has 104 valence electrons. The summed E-state index contributed by atoms with van der Waals surface area (Å²) in [6.45, 7) is 1.36. The first-order chi connectivity index (χ1) is 9.10. The third-order valence-corrected chi connectivity index (χ3v) is 3.56. The molecule has 5 nitrogen and oxygen atoms in total. The first kappa shape index (κ1) is 13.8. The van der Waals surface area contributed by atoms with Crippen molar-refractivity contribution in [3.8, 4) is 0 Å². The van der Waals surface area contributed by atoms with Gasteiger partial charge in [0.2, 0.25) is 0 Å². The Morgan fingerprint density at radius 2 is 2.21 bits per heavy atom. The van der Waals surface area contributed by atoms with Gasteiger partial charge in [0.15, 0.2) is 5.84 Å². The van der Waals surface area contributed by atoms with Crippen LogP contribution in [0.15, 0.2) is 23.4 Å². The molecule has 1 aromatic carbocycles. The average molecular weight is 267 g/mol. The number of benzene rings is 1. The fourth-order valence-corrected chi connectivity index (χ4v) is 2.03. The van der Waals surface area contributed by atoms with Crippen molar-refractivity contribution in [3.63, 3.8) is 0 Å². The van der Waals surface area contributed by atoms with Gasteiger partial charge in [-0.25, -0.2) is 4.39 Å². The maximum Gasteiger partial charge on any atom is 0.170 e. The minimum atomic E-state index is -0.431. The number of aliphatic hydroxyl groups excluding tert-OH is 1. The lowest BCUT2D eigenvalue weighted by Gasteiger charge is -2.14. The van der Waals surface area contributed by atoms with Crippen molar-refractivity contribution in [1.82, 2.24) is 5.32 Å². The standard InChI is InChI=1S/C13H18FN3O2/c14-10-2-1-9(11(5-10)12(15)17-19)6-16-7-13(8-18)3-4-13/h1-2,5,16,18-19H,3-4,6-8H2,(H2,15,17). The Hall–Kier alpha value is -1.66. The molecular weight excluding hydrogens is 249 g/mol. The lowest BCUT2D eigenvalue weighted by molar-refractivity contribution is 0.207. The maximum absolute atomic E-state index is 13.2. The van der Waals surface area contributed by atoms with E-state index in [0.29, 0.717) is 18.7 Å². The molecule has 2 rings (SSSR count). The molecule has 0 aliphatic heterocycles. The van der Waals surface area contributed by atoms with E-state index in [1.165, 1.54) is 12.1 Å². The molecule has 19 heavy (non-hydrogen) atoms. The van der Waals surface area contributed by atoms with E-state index in [-0.39, 0.29) is 17.9 Å². The predicted octanol–water partition coefficient (Wildman–Crippen LogP) is 0.782. The fraction of sp³-hybridized carbons (Fsp3) is 0.462. The summed E-state index contributed by atoms with van der Waals surface area (Å²) in [5, 5.41) is 24.0. The topological polar surface area (TPSA) is 90.9 Å². The Kier molecular flexibility index (Phi) is 4.01. The van der Waals surface area contributed by atoms with Crippen LogP contribution in [0.1, 0.15) is 24.0 Å². The number of rotatable bonds is 6. The van der Waals surface area contributed by atoms with E-state index < -0.39 is 5.82 Å². The van der Waals surface area contributed by atoms with Gasteiger partial charge >= 0.3 is 0 Å². The summed E-state index contributed by atoms with van der Waals surface area (Å²) in [5.41, 5.74) is 6.67. The van der Waals surface area contributed by atoms with Crippen molar-refractivity contribution in [2.24, 2.45) is 16.3 Å². The van der Waals surface area contributed by atoms with E-state index in [1.54, 1.807) is 6.07 Å². The van der Waals surface area contributed by atoms with Crippen molar-refractivity contribution < 1.29 is 14.7 Å². The first-order valence-electron chi connectivity index (χ1n) is 6.18. The lowest BCUT2D eigenvalue weighted by Crippen LogP contribution is -2.27. The molecule has 0 radical (unpaired) electrons. The average Bonchev–Trinajstić information content (AvgIpc) is 3.20. The molecule has 0 bridgehead atoms. The predicted molar refractivity (Wildman–Crippen MR) is 69.4 cm³/mol. The number of oxime groups is 1. The van der Waals surface area contributed by atoms with Crippen LogP contribution >= 0.6 is 0 Å². The normalized spacial score (nSPS) is 17.5. The smallest absolute Gasteiger partial charge is 0.170 e. The molecule has 0 saturated heterocycles. The molecule has 0 heterocycles. The number of aliphatic hydroxyl groups is 1. The van der Waals surface area contributed by atoms with Gasteiger partial charge in [-0.3, -0.25) is 0 Å². The quantitative estimate of drug-likeness (QED) is 0.265. The van der Waals surface area contributed by atoms with Gasteiger partial charge in [-0.15, -0.1) is 0 Å². The Labute approximate surface area is 110 Å². The van der Waals surface area contributed by atoms with Crippen LogP contribution in [-0.2, 0) is 6.54 Å². The molecule has 6 heteroatoms. The highest BCUT2D eigenvalue weighted by molar-refractivity contribution is 5.98.